The number of nitrogens with zero attached hydrogens (tertiary/aromatic N) is 2. The van der Waals surface area contributed by atoms with E-state index in [1.807, 2.05) is 20.8 Å². The highest BCUT2D eigenvalue weighted by Gasteiger charge is 2.30. The molecule has 0 aliphatic heterocycles. The predicted octanol–water partition coefficient (Wildman–Crippen LogP) is 4.12. The molecule has 0 radical (unpaired) electrons. The largest absolute Gasteiger partial charge is 0.352 e. The van der Waals surface area contributed by atoms with Crippen LogP contribution in [-0.4, -0.2) is 50.0 Å². The summed E-state index contributed by atoms with van der Waals surface area (Å²) < 4.78 is 27.0. The third kappa shape index (κ3) is 7.45. The number of sulfonamides is 1. The zero-order valence-electron chi connectivity index (χ0n) is 19.3. The summed E-state index contributed by atoms with van der Waals surface area (Å²) in [6.07, 6.45) is 1.05. The van der Waals surface area contributed by atoms with Crippen LogP contribution in [-0.2, 0) is 26.2 Å². The summed E-state index contributed by atoms with van der Waals surface area (Å²) in [5, 5.41) is 3.26. The van der Waals surface area contributed by atoms with Crippen LogP contribution in [0.25, 0.3) is 0 Å². The Morgan fingerprint density at radius 1 is 1.12 bits per heavy atom. The summed E-state index contributed by atoms with van der Waals surface area (Å²) in [7, 11) is -3.78. The van der Waals surface area contributed by atoms with Crippen molar-refractivity contribution in [2.75, 3.05) is 17.1 Å². The molecule has 0 bridgehead atoms. The Morgan fingerprint density at radius 3 is 2.30 bits per heavy atom. The maximum Gasteiger partial charge on any atom is 0.244 e. The molecule has 0 aliphatic rings. The van der Waals surface area contributed by atoms with Crippen LogP contribution in [0.5, 0.6) is 0 Å². The Balaban J connectivity index is 2.43. The summed E-state index contributed by atoms with van der Waals surface area (Å²) in [5.74, 6) is -0.858. The summed E-state index contributed by atoms with van der Waals surface area (Å²) in [6.45, 7) is 6.70. The van der Waals surface area contributed by atoms with E-state index in [2.05, 4.69) is 21.2 Å². The summed E-state index contributed by atoms with van der Waals surface area (Å²) in [5.41, 5.74) is 1.84. The van der Waals surface area contributed by atoms with E-state index < -0.39 is 28.5 Å². The number of halogens is 2. The Bertz CT molecular complexity index is 1120. The van der Waals surface area contributed by atoms with Crippen molar-refractivity contribution in [2.24, 2.45) is 0 Å². The van der Waals surface area contributed by atoms with Crippen LogP contribution < -0.4 is 9.62 Å². The summed E-state index contributed by atoms with van der Waals surface area (Å²) >= 11 is 9.70. The first-order valence-electron chi connectivity index (χ1n) is 10.4. The van der Waals surface area contributed by atoms with Gasteiger partial charge in [-0.05, 0) is 63.1 Å². The fourth-order valence-corrected chi connectivity index (χ4v) is 4.48. The summed E-state index contributed by atoms with van der Waals surface area (Å²) in [4.78, 5) is 27.5. The van der Waals surface area contributed by atoms with Crippen molar-refractivity contribution >= 4 is 55.1 Å². The number of benzene rings is 2. The first kappa shape index (κ1) is 27.1. The van der Waals surface area contributed by atoms with E-state index in [9.17, 15) is 18.0 Å². The second kappa shape index (κ2) is 11.4. The van der Waals surface area contributed by atoms with Gasteiger partial charge in [-0.25, -0.2) is 8.42 Å². The molecule has 0 unspecified atom stereocenters. The molecule has 33 heavy (non-hydrogen) atoms. The maximum absolute atomic E-state index is 13.5. The molecule has 0 saturated heterocycles. The van der Waals surface area contributed by atoms with Gasteiger partial charge in [0.2, 0.25) is 21.8 Å². The quantitative estimate of drug-likeness (QED) is 0.502. The standard InChI is InChI=1S/C23H29BrClN3O4S/c1-15(2)26-23(30)17(4)27(13-18-8-6-7-9-21(18)25)22(29)14-28(33(5,31)32)19-10-11-20(24)16(3)12-19/h6-12,15,17H,13-14H2,1-5H3,(H,26,30)/t17-/m1/s1. The van der Waals surface area contributed by atoms with Crippen molar-refractivity contribution in [3.63, 3.8) is 0 Å². The molecule has 0 aromatic heterocycles. The van der Waals surface area contributed by atoms with Gasteiger partial charge in [0.05, 0.1) is 11.9 Å². The molecule has 2 aromatic carbocycles. The van der Waals surface area contributed by atoms with E-state index >= 15 is 0 Å². The number of aryl methyl sites for hydroxylation is 1. The average Bonchev–Trinajstić information content (AvgIpc) is 2.71. The smallest absolute Gasteiger partial charge is 0.244 e. The predicted molar refractivity (Wildman–Crippen MR) is 136 cm³/mol. The van der Waals surface area contributed by atoms with Gasteiger partial charge in [0, 0.05) is 22.1 Å². The molecule has 1 atom stereocenters. The van der Waals surface area contributed by atoms with Crippen LogP contribution in [0.3, 0.4) is 0 Å². The lowest BCUT2D eigenvalue weighted by Crippen LogP contribution is -2.52. The zero-order chi connectivity index (χ0) is 24.9. The molecule has 2 rings (SSSR count). The number of anilines is 1. The lowest BCUT2D eigenvalue weighted by Gasteiger charge is -2.32. The Morgan fingerprint density at radius 2 is 1.76 bits per heavy atom. The molecule has 2 amide bonds. The van der Waals surface area contributed by atoms with Crippen molar-refractivity contribution in [1.82, 2.24) is 10.2 Å². The van der Waals surface area contributed by atoms with Gasteiger partial charge in [-0.3, -0.25) is 13.9 Å². The third-order valence-electron chi connectivity index (χ3n) is 5.01. The second-order valence-corrected chi connectivity index (χ2v) is 11.3. The van der Waals surface area contributed by atoms with Crippen molar-refractivity contribution < 1.29 is 18.0 Å². The number of carbonyl (C=O) groups is 2. The van der Waals surface area contributed by atoms with E-state index in [0.717, 1.165) is 20.6 Å². The lowest BCUT2D eigenvalue weighted by atomic mass is 10.1. The van der Waals surface area contributed by atoms with E-state index in [1.165, 1.54) is 4.90 Å². The highest BCUT2D eigenvalue weighted by atomic mass is 79.9. The Labute approximate surface area is 209 Å². The maximum atomic E-state index is 13.5. The number of amides is 2. The van der Waals surface area contributed by atoms with Crippen molar-refractivity contribution in [1.29, 1.82) is 0 Å². The third-order valence-corrected chi connectivity index (χ3v) is 7.40. The minimum atomic E-state index is -3.78. The van der Waals surface area contributed by atoms with Crippen LogP contribution in [0.15, 0.2) is 46.9 Å². The van der Waals surface area contributed by atoms with Crippen LogP contribution in [0.2, 0.25) is 5.02 Å². The molecule has 0 aliphatic carbocycles. The number of nitrogens with one attached hydrogen (secondary N) is 1. The molecular formula is C23H29BrClN3O4S. The molecule has 0 heterocycles. The van der Waals surface area contributed by atoms with E-state index in [0.29, 0.717) is 16.3 Å². The monoisotopic (exact) mass is 557 g/mol. The van der Waals surface area contributed by atoms with Gasteiger partial charge in [0.1, 0.15) is 12.6 Å². The van der Waals surface area contributed by atoms with Crippen LogP contribution in [0.4, 0.5) is 5.69 Å². The average molecular weight is 559 g/mol. The van der Waals surface area contributed by atoms with Crippen molar-refractivity contribution in [2.45, 2.75) is 46.3 Å². The van der Waals surface area contributed by atoms with Gasteiger partial charge in [-0.1, -0.05) is 45.7 Å². The topological polar surface area (TPSA) is 86.8 Å². The minimum absolute atomic E-state index is 0.0577. The summed E-state index contributed by atoms with van der Waals surface area (Å²) in [6, 6.07) is 11.1. The van der Waals surface area contributed by atoms with Gasteiger partial charge in [0.25, 0.3) is 0 Å². The SMILES string of the molecule is Cc1cc(N(CC(=O)N(Cc2ccccc2Cl)[C@H](C)C(=O)NC(C)C)S(C)(=O)=O)ccc1Br. The number of carbonyl (C=O) groups excluding carboxylic acids is 2. The van der Waals surface area contributed by atoms with E-state index in [4.69, 9.17) is 11.6 Å². The molecule has 10 heteroatoms. The molecule has 180 valence electrons. The Kier molecular flexibility index (Phi) is 9.34. The molecule has 0 saturated carbocycles. The van der Waals surface area contributed by atoms with Gasteiger partial charge in [-0.15, -0.1) is 0 Å². The fraction of sp³-hybridized carbons (Fsp3) is 0.391. The minimum Gasteiger partial charge on any atom is -0.352 e. The highest BCUT2D eigenvalue weighted by Crippen LogP contribution is 2.25. The molecule has 0 fully saturated rings. The number of hydrogen-bond donors (Lipinski definition) is 1. The normalized spacial score (nSPS) is 12.4. The van der Waals surface area contributed by atoms with Crippen LogP contribution >= 0.6 is 27.5 Å². The molecular weight excluding hydrogens is 530 g/mol. The first-order valence-corrected chi connectivity index (χ1v) is 13.4. The number of hydrogen-bond acceptors (Lipinski definition) is 4. The van der Waals surface area contributed by atoms with Gasteiger partial charge < -0.3 is 10.2 Å². The van der Waals surface area contributed by atoms with Gasteiger partial charge in [-0.2, -0.15) is 0 Å². The molecule has 7 nitrogen and oxygen atoms in total. The van der Waals surface area contributed by atoms with E-state index in [-0.39, 0.29) is 18.5 Å². The van der Waals surface area contributed by atoms with Crippen LogP contribution in [0, 0.1) is 6.92 Å². The van der Waals surface area contributed by atoms with Gasteiger partial charge >= 0.3 is 0 Å². The molecule has 2 aromatic rings. The first-order chi connectivity index (χ1) is 15.3. The zero-order valence-corrected chi connectivity index (χ0v) is 22.5. The number of rotatable bonds is 9. The highest BCUT2D eigenvalue weighted by molar-refractivity contribution is 9.10. The van der Waals surface area contributed by atoms with Gasteiger partial charge in [0.15, 0.2) is 0 Å². The lowest BCUT2D eigenvalue weighted by molar-refractivity contribution is -0.139. The van der Waals surface area contributed by atoms with Crippen molar-refractivity contribution in [3.05, 3.63) is 63.1 Å². The van der Waals surface area contributed by atoms with Crippen LogP contribution in [0.1, 0.15) is 31.9 Å². The Hall–Kier alpha value is -2.10. The molecule has 0 spiro atoms. The second-order valence-electron chi connectivity index (χ2n) is 8.16. The van der Waals surface area contributed by atoms with Crippen molar-refractivity contribution in [3.8, 4) is 0 Å². The van der Waals surface area contributed by atoms with E-state index in [1.54, 1.807) is 49.4 Å². The molecule has 1 N–H and O–H groups in total. The fourth-order valence-electron chi connectivity index (χ4n) is 3.20.